The fraction of sp³-hybridized carbons (Fsp3) is 0.593. The van der Waals surface area contributed by atoms with Gasteiger partial charge in [-0.1, -0.05) is 29.8 Å². The SMILES string of the molecule is COC(=O)NCCCn1c(C(=O)N(C(C)C)[C@@H]2CCCN(C(=O)OC(C)(C)C)C2)c(Cl)c2ccccc21. The second-order valence-electron chi connectivity index (χ2n) is 10.6. The van der Waals surface area contributed by atoms with E-state index in [1.807, 2.05) is 68.4 Å². The number of ether oxygens (including phenoxy) is 2. The first-order chi connectivity index (χ1) is 17.4. The van der Waals surface area contributed by atoms with Gasteiger partial charge in [0, 0.05) is 37.6 Å². The highest BCUT2D eigenvalue weighted by Gasteiger charge is 2.36. The molecule has 1 aliphatic rings. The topological polar surface area (TPSA) is 93.1 Å². The van der Waals surface area contributed by atoms with Crippen molar-refractivity contribution in [2.24, 2.45) is 0 Å². The maximum Gasteiger partial charge on any atom is 0.410 e. The van der Waals surface area contributed by atoms with Gasteiger partial charge in [0.25, 0.3) is 5.91 Å². The van der Waals surface area contributed by atoms with Crippen LogP contribution in [0.5, 0.6) is 0 Å². The summed E-state index contributed by atoms with van der Waals surface area (Å²) in [5, 5.41) is 3.89. The van der Waals surface area contributed by atoms with Crippen LogP contribution >= 0.6 is 11.6 Å². The van der Waals surface area contributed by atoms with Crippen LogP contribution in [0.1, 0.15) is 64.4 Å². The van der Waals surface area contributed by atoms with Crippen molar-refractivity contribution in [1.29, 1.82) is 0 Å². The number of methoxy groups -OCH3 is 1. The quantitative estimate of drug-likeness (QED) is 0.487. The van der Waals surface area contributed by atoms with E-state index < -0.39 is 11.7 Å². The van der Waals surface area contributed by atoms with Crippen molar-refractivity contribution >= 4 is 40.6 Å². The minimum atomic E-state index is -0.589. The zero-order chi connectivity index (χ0) is 27.3. The monoisotopic (exact) mass is 534 g/mol. The standard InChI is InChI=1S/C27H39ClN4O5/c1-18(2)32(19-11-9-15-30(17-19)26(35)37-27(3,4)5)24(33)23-22(28)20-12-7-8-13-21(20)31(23)16-10-14-29-25(34)36-6/h7-8,12-13,18-19H,9-11,14-17H2,1-6H3,(H,29,34)/t19-/m1/s1. The Bertz CT molecular complexity index is 1120. The van der Waals surface area contributed by atoms with E-state index in [-0.39, 0.29) is 24.1 Å². The van der Waals surface area contributed by atoms with Crippen molar-refractivity contribution in [1.82, 2.24) is 19.7 Å². The van der Waals surface area contributed by atoms with Crippen LogP contribution in [0.2, 0.25) is 5.02 Å². The Morgan fingerprint density at radius 1 is 1.22 bits per heavy atom. The van der Waals surface area contributed by atoms with Gasteiger partial charge in [0.05, 0.1) is 23.7 Å². The van der Waals surface area contributed by atoms with Crippen molar-refractivity contribution in [2.75, 3.05) is 26.7 Å². The fourth-order valence-electron chi connectivity index (χ4n) is 4.82. The lowest BCUT2D eigenvalue weighted by molar-refractivity contribution is 0.00734. The number of alkyl carbamates (subject to hydrolysis) is 1. The number of likely N-dealkylation sites (tertiary alicyclic amines) is 1. The average Bonchev–Trinajstić information content (AvgIpc) is 3.12. The summed E-state index contributed by atoms with van der Waals surface area (Å²) >= 11 is 6.84. The van der Waals surface area contributed by atoms with Gasteiger partial charge in [0.2, 0.25) is 0 Å². The predicted octanol–water partition coefficient (Wildman–Crippen LogP) is 5.29. The molecule has 204 valence electrons. The van der Waals surface area contributed by atoms with Crippen molar-refractivity contribution in [3.05, 3.63) is 35.0 Å². The molecule has 1 aromatic carbocycles. The van der Waals surface area contributed by atoms with E-state index in [2.05, 4.69) is 10.1 Å². The van der Waals surface area contributed by atoms with E-state index in [4.69, 9.17) is 16.3 Å². The number of nitrogens with zero attached hydrogens (tertiary/aromatic N) is 3. The highest BCUT2D eigenvalue weighted by atomic mass is 35.5. The summed E-state index contributed by atoms with van der Waals surface area (Å²) in [5.41, 5.74) is 0.690. The van der Waals surface area contributed by atoms with Gasteiger partial charge >= 0.3 is 12.2 Å². The lowest BCUT2D eigenvalue weighted by Gasteiger charge is -2.41. The highest BCUT2D eigenvalue weighted by Crippen LogP contribution is 2.33. The highest BCUT2D eigenvalue weighted by molar-refractivity contribution is 6.38. The Morgan fingerprint density at radius 2 is 1.92 bits per heavy atom. The van der Waals surface area contributed by atoms with Crippen LogP contribution in [0, 0.1) is 0 Å². The number of para-hydroxylation sites is 1. The van der Waals surface area contributed by atoms with Gasteiger partial charge in [-0.3, -0.25) is 4.79 Å². The zero-order valence-electron chi connectivity index (χ0n) is 22.7. The molecule has 1 fully saturated rings. The first-order valence-electron chi connectivity index (χ1n) is 12.8. The molecule has 0 saturated carbocycles. The molecule has 0 unspecified atom stereocenters. The number of carbonyl (C=O) groups excluding carboxylic acids is 3. The molecular weight excluding hydrogens is 496 g/mol. The number of hydrogen-bond donors (Lipinski definition) is 1. The molecule has 2 aromatic rings. The summed E-state index contributed by atoms with van der Waals surface area (Å²) in [7, 11) is 1.32. The molecule has 0 radical (unpaired) electrons. The molecule has 0 spiro atoms. The molecule has 1 saturated heterocycles. The first-order valence-corrected chi connectivity index (χ1v) is 13.2. The van der Waals surface area contributed by atoms with Crippen LogP contribution in [-0.2, 0) is 16.0 Å². The Hall–Kier alpha value is -2.94. The fourth-order valence-corrected chi connectivity index (χ4v) is 5.16. The number of fused-ring (bicyclic) bond motifs is 1. The number of piperidine rings is 1. The number of aryl methyl sites for hydroxylation is 1. The lowest BCUT2D eigenvalue weighted by Crippen LogP contribution is -2.54. The van der Waals surface area contributed by atoms with Gasteiger partial charge in [0.1, 0.15) is 11.3 Å². The Kier molecular flexibility index (Phi) is 9.34. The van der Waals surface area contributed by atoms with E-state index in [0.29, 0.717) is 43.3 Å². The summed E-state index contributed by atoms with van der Waals surface area (Å²) in [6.07, 6.45) is 1.28. The minimum absolute atomic E-state index is 0.111. The van der Waals surface area contributed by atoms with Gasteiger partial charge in [-0.05, 0) is 59.9 Å². The number of halogens is 1. The summed E-state index contributed by atoms with van der Waals surface area (Å²) in [4.78, 5) is 41.9. The van der Waals surface area contributed by atoms with Gasteiger partial charge in [-0.15, -0.1) is 0 Å². The maximum atomic E-state index is 14.2. The normalized spacial score (nSPS) is 16.1. The molecule has 0 bridgehead atoms. The Morgan fingerprint density at radius 3 is 2.57 bits per heavy atom. The minimum Gasteiger partial charge on any atom is -0.453 e. The van der Waals surface area contributed by atoms with Gasteiger partial charge < -0.3 is 29.2 Å². The van der Waals surface area contributed by atoms with Crippen LogP contribution in [0.3, 0.4) is 0 Å². The molecule has 37 heavy (non-hydrogen) atoms. The van der Waals surface area contributed by atoms with Crippen molar-refractivity contribution in [2.45, 2.75) is 78.1 Å². The molecule has 1 atom stereocenters. The molecule has 3 rings (SSSR count). The summed E-state index contributed by atoms with van der Waals surface area (Å²) in [6.45, 7) is 11.4. The smallest absolute Gasteiger partial charge is 0.410 e. The number of rotatable bonds is 7. The zero-order valence-corrected chi connectivity index (χ0v) is 23.4. The molecule has 10 heteroatoms. The van der Waals surface area contributed by atoms with Gasteiger partial charge in [0.15, 0.2) is 0 Å². The second-order valence-corrected chi connectivity index (χ2v) is 11.0. The largest absolute Gasteiger partial charge is 0.453 e. The summed E-state index contributed by atoms with van der Waals surface area (Å²) < 4.78 is 12.2. The number of benzene rings is 1. The molecule has 1 N–H and O–H groups in total. The van der Waals surface area contributed by atoms with Gasteiger partial charge in [-0.25, -0.2) is 9.59 Å². The third-order valence-electron chi connectivity index (χ3n) is 6.36. The van der Waals surface area contributed by atoms with Crippen molar-refractivity contribution in [3.63, 3.8) is 0 Å². The van der Waals surface area contributed by atoms with Crippen LogP contribution < -0.4 is 5.32 Å². The van der Waals surface area contributed by atoms with E-state index in [1.54, 1.807) is 4.90 Å². The van der Waals surface area contributed by atoms with E-state index in [1.165, 1.54) is 7.11 Å². The lowest BCUT2D eigenvalue weighted by atomic mass is 10.0. The van der Waals surface area contributed by atoms with Crippen LogP contribution in [0.25, 0.3) is 10.9 Å². The molecule has 1 aromatic heterocycles. The Balaban J connectivity index is 1.90. The predicted molar refractivity (Wildman–Crippen MR) is 144 cm³/mol. The van der Waals surface area contributed by atoms with Crippen LogP contribution in [0.15, 0.2) is 24.3 Å². The number of amides is 3. The number of carbonyl (C=O) groups is 3. The van der Waals surface area contributed by atoms with E-state index >= 15 is 0 Å². The van der Waals surface area contributed by atoms with E-state index in [9.17, 15) is 14.4 Å². The average molecular weight is 535 g/mol. The summed E-state index contributed by atoms with van der Waals surface area (Å²) in [5.74, 6) is -0.173. The van der Waals surface area contributed by atoms with Crippen molar-refractivity contribution in [3.8, 4) is 0 Å². The third kappa shape index (κ3) is 6.89. The second kappa shape index (κ2) is 12.1. The van der Waals surface area contributed by atoms with Gasteiger partial charge in [-0.2, -0.15) is 0 Å². The first kappa shape index (κ1) is 28.6. The molecule has 3 amide bonds. The molecule has 0 aliphatic carbocycles. The van der Waals surface area contributed by atoms with Crippen molar-refractivity contribution < 1.29 is 23.9 Å². The number of nitrogens with one attached hydrogen (secondary N) is 1. The molecule has 1 aliphatic heterocycles. The van der Waals surface area contributed by atoms with Crippen LogP contribution in [-0.4, -0.2) is 76.9 Å². The number of hydrogen-bond acceptors (Lipinski definition) is 5. The van der Waals surface area contributed by atoms with Crippen LogP contribution in [0.4, 0.5) is 9.59 Å². The maximum absolute atomic E-state index is 14.2. The molecule has 2 heterocycles. The summed E-state index contributed by atoms with van der Waals surface area (Å²) in [6, 6.07) is 7.37. The molecular formula is C27H39ClN4O5. The molecule has 9 nitrogen and oxygen atoms in total. The Labute approximate surface area is 224 Å². The third-order valence-corrected chi connectivity index (χ3v) is 6.74. The number of aromatic nitrogens is 1. The van der Waals surface area contributed by atoms with E-state index in [0.717, 1.165) is 23.7 Å².